The van der Waals surface area contributed by atoms with Gasteiger partial charge in [0.25, 0.3) is 0 Å². The van der Waals surface area contributed by atoms with Crippen molar-refractivity contribution in [1.82, 2.24) is 0 Å². The molecule has 2 nitrogen and oxygen atoms in total. The summed E-state index contributed by atoms with van der Waals surface area (Å²) in [4.78, 5) is 13.3. The van der Waals surface area contributed by atoms with E-state index in [9.17, 15) is 4.79 Å². The van der Waals surface area contributed by atoms with Crippen molar-refractivity contribution in [2.75, 3.05) is 6.61 Å². The molecule has 152 valence electrons. The fraction of sp³-hybridized carbons (Fsp3) is 0.240. The Morgan fingerprint density at radius 2 is 1.14 bits per heavy atom. The molecule has 1 atom stereocenters. The number of carbonyl (C=O) groups is 1. The summed E-state index contributed by atoms with van der Waals surface area (Å²) in [5, 5.41) is 3.66. The number of hydrogen-bond donors (Lipinski definition) is 0. The van der Waals surface area contributed by atoms with Crippen molar-refractivity contribution in [2.45, 2.75) is 32.3 Å². The Labute approximate surface area is 185 Å². The second-order valence-electron chi connectivity index (χ2n) is 6.79. The van der Waals surface area contributed by atoms with Gasteiger partial charge >= 0.3 is 5.97 Å². The Hall–Kier alpha value is -1.96. The molecule has 0 spiro atoms. The van der Waals surface area contributed by atoms with Crippen LogP contribution in [-0.2, 0) is 9.53 Å². The van der Waals surface area contributed by atoms with E-state index in [1.165, 1.54) is 15.9 Å². The van der Waals surface area contributed by atoms with Gasteiger partial charge in [-0.05, 0) is 49.7 Å². The van der Waals surface area contributed by atoms with Crippen molar-refractivity contribution in [1.29, 1.82) is 0 Å². The van der Waals surface area contributed by atoms with Gasteiger partial charge < -0.3 is 21.7 Å². The minimum atomic E-state index is -2.24. The first-order valence-corrected chi connectivity index (χ1v) is 11.8. The molecule has 0 aliphatic heterocycles. The first-order chi connectivity index (χ1) is 13.7. The molecule has 0 heterocycles. The highest BCUT2D eigenvalue weighted by Crippen LogP contribution is 2.61. The number of rotatable bonds is 8. The standard InChI is InChI=1S/C25H28O2P.BrH/c1-3-14-24(25(26)27-4-2)28(21-15-8-5-9-16-21,22-17-10-6-11-18-22)23-19-12-7-13-20-23;/h5-13,15-20,24H,3-4,14H2,1-2H3;1H/q+1;/p-1. The van der Waals surface area contributed by atoms with Crippen LogP contribution < -0.4 is 32.9 Å². The third kappa shape index (κ3) is 4.79. The first kappa shape index (κ1) is 23.3. The Kier molecular flexibility index (Phi) is 9.07. The van der Waals surface area contributed by atoms with Crippen molar-refractivity contribution in [3.63, 3.8) is 0 Å². The summed E-state index contributed by atoms with van der Waals surface area (Å²) >= 11 is 0. The maximum atomic E-state index is 13.3. The summed E-state index contributed by atoms with van der Waals surface area (Å²) in [6.45, 7) is 4.42. The molecule has 1 unspecified atom stereocenters. The minimum Gasteiger partial charge on any atom is -1.00 e. The number of benzene rings is 3. The van der Waals surface area contributed by atoms with E-state index in [2.05, 4.69) is 79.7 Å². The highest BCUT2D eigenvalue weighted by molar-refractivity contribution is 7.96. The van der Waals surface area contributed by atoms with Crippen LogP contribution in [0.3, 0.4) is 0 Å². The quantitative estimate of drug-likeness (QED) is 0.370. The number of carbonyl (C=O) groups excluding carboxylic acids is 1. The molecule has 0 aromatic heterocycles. The first-order valence-electron chi connectivity index (χ1n) is 9.97. The summed E-state index contributed by atoms with van der Waals surface area (Å²) in [5.41, 5.74) is -0.204. The SMILES string of the molecule is CCCC(C(=O)OCC)[P+](c1ccccc1)(c1ccccc1)c1ccccc1.[Br-]. The lowest BCUT2D eigenvalue weighted by Gasteiger charge is -2.33. The van der Waals surface area contributed by atoms with Crippen LogP contribution in [0.2, 0.25) is 0 Å². The summed E-state index contributed by atoms with van der Waals surface area (Å²) in [5.74, 6) is -0.0887. The molecule has 29 heavy (non-hydrogen) atoms. The van der Waals surface area contributed by atoms with Gasteiger partial charge in [0.2, 0.25) is 0 Å². The van der Waals surface area contributed by atoms with E-state index in [0.717, 1.165) is 12.8 Å². The molecule has 0 aliphatic carbocycles. The largest absolute Gasteiger partial charge is 1.00 e. The van der Waals surface area contributed by atoms with E-state index in [1.54, 1.807) is 0 Å². The van der Waals surface area contributed by atoms with Gasteiger partial charge in [0.05, 0.1) is 6.61 Å². The summed E-state index contributed by atoms with van der Waals surface area (Å²) < 4.78 is 5.62. The molecule has 3 aromatic rings. The Balaban J connectivity index is 0.00000300. The van der Waals surface area contributed by atoms with Crippen molar-refractivity contribution < 1.29 is 26.5 Å². The molecule has 4 heteroatoms. The third-order valence-electron chi connectivity index (χ3n) is 5.08. The highest BCUT2D eigenvalue weighted by atomic mass is 79.9. The average Bonchev–Trinajstić information content (AvgIpc) is 2.76. The van der Waals surface area contributed by atoms with Gasteiger partial charge in [-0.25, -0.2) is 4.79 Å². The van der Waals surface area contributed by atoms with E-state index in [0.29, 0.717) is 6.61 Å². The minimum absolute atomic E-state index is 0. The van der Waals surface area contributed by atoms with Crippen LogP contribution in [-0.4, -0.2) is 18.2 Å². The second-order valence-corrected chi connectivity index (χ2v) is 10.4. The van der Waals surface area contributed by atoms with E-state index in [-0.39, 0.29) is 28.6 Å². The molecular weight excluding hydrogens is 443 g/mol. The Morgan fingerprint density at radius 1 is 0.759 bits per heavy atom. The van der Waals surface area contributed by atoms with Crippen LogP contribution >= 0.6 is 7.26 Å². The molecule has 0 aliphatic rings. The number of hydrogen-bond acceptors (Lipinski definition) is 2. The molecule has 3 aromatic carbocycles. The molecule has 0 radical (unpaired) electrons. The monoisotopic (exact) mass is 470 g/mol. The predicted octanol–water partition coefficient (Wildman–Crippen LogP) is 1.72. The number of halogens is 1. The van der Waals surface area contributed by atoms with E-state index < -0.39 is 7.26 Å². The maximum absolute atomic E-state index is 13.3. The molecule has 3 rings (SSSR count). The van der Waals surface area contributed by atoms with Gasteiger partial charge in [-0.1, -0.05) is 67.9 Å². The molecule has 0 N–H and O–H groups in total. The Bertz CT molecular complexity index is 772. The topological polar surface area (TPSA) is 26.3 Å². The average molecular weight is 471 g/mol. The maximum Gasteiger partial charge on any atom is 0.348 e. The predicted molar refractivity (Wildman–Crippen MR) is 120 cm³/mol. The number of ether oxygens (including phenoxy) is 1. The van der Waals surface area contributed by atoms with E-state index >= 15 is 0 Å². The van der Waals surface area contributed by atoms with Gasteiger partial charge in [0, 0.05) is 0 Å². The van der Waals surface area contributed by atoms with Gasteiger partial charge in [0.15, 0.2) is 5.66 Å². The van der Waals surface area contributed by atoms with Crippen molar-refractivity contribution in [3.05, 3.63) is 91.0 Å². The molecule has 0 fully saturated rings. The van der Waals surface area contributed by atoms with Crippen molar-refractivity contribution in [2.24, 2.45) is 0 Å². The molecule has 0 saturated carbocycles. The lowest BCUT2D eigenvalue weighted by Crippen LogP contribution is -3.00. The molecule has 0 saturated heterocycles. The normalized spacial score (nSPS) is 11.9. The fourth-order valence-corrected chi connectivity index (χ4v) is 8.90. The van der Waals surface area contributed by atoms with Crippen LogP contribution in [0.1, 0.15) is 26.7 Å². The zero-order chi connectivity index (χ0) is 19.8. The summed E-state index contributed by atoms with van der Waals surface area (Å²) in [7, 11) is -2.24. The Morgan fingerprint density at radius 3 is 1.45 bits per heavy atom. The zero-order valence-corrected chi connectivity index (χ0v) is 19.5. The molecule has 0 amide bonds. The lowest BCUT2D eigenvalue weighted by atomic mass is 10.2. The van der Waals surface area contributed by atoms with Crippen LogP contribution in [0.15, 0.2) is 91.0 Å². The second kappa shape index (κ2) is 11.3. The van der Waals surface area contributed by atoms with Crippen LogP contribution in [0.25, 0.3) is 0 Å². The van der Waals surface area contributed by atoms with Crippen LogP contribution in [0.4, 0.5) is 0 Å². The molecule has 0 bridgehead atoms. The van der Waals surface area contributed by atoms with Gasteiger partial charge in [-0.15, -0.1) is 0 Å². The van der Waals surface area contributed by atoms with Crippen LogP contribution in [0, 0.1) is 0 Å². The summed E-state index contributed by atoms with van der Waals surface area (Å²) in [6.07, 6.45) is 1.73. The van der Waals surface area contributed by atoms with Gasteiger partial charge in [0.1, 0.15) is 23.2 Å². The molecular formula is C25H28BrO2P. The third-order valence-corrected chi connectivity index (χ3v) is 9.82. The van der Waals surface area contributed by atoms with Gasteiger partial charge in [-0.3, -0.25) is 0 Å². The van der Waals surface area contributed by atoms with Crippen molar-refractivity contribution in [3.8, 4) is 0 Å². The van der Waals surface area contributed by atoms with Gasteiger partial charge in [-0.2, -0.15) is 0 Å². The lowest BCUT2D eigenvalue weighted by molar-refractivity contribution is -0.142. The zero-order valence-electron chi connectivity index (χ0n) is 17.0. The van der Waals surface area contributed by atoms with E-state index in [1.807, 2.05) is 25.1 Å². The highest BCUT2D eigenvalue weighted by Gasteiger charge is 2.55. The number of esters is 1. The van der Waals surface area contributed by atoms with E-state index in [4.69, 9.17) is 4.74 Å². The smallest absolute Gasteiger partial charge is 0.348 e. The van der Waals surface area contributed by atoms with Crippen molar-refractivity contribution >= 4 is 29.1 Å². The fourth-order valence-electron chi connectivity index (χ4n) is 3.96. The summed E-state index contributed by atoms with van der Waals surface area (Å²) in [6, 6.07) is 31.6. The van der Waals surface area contributed by atoms with Crippen LogP contribution in [0.5, 0.6) is 0 Å².